The van der Waals surface area contributed by atoms with Gasteiger partial charge in [0, 0.05) is 24.6 Å². The van der Waals surface area contributed by atoms with Gasteiger partial charge in [-0.25, -0.2) is 9.78 Å². The molecule has 1 heterocycles. The Balaban J connectivity index is 1.89. The smallest absolute Gasteiger partial charge is 0.315 e. The van der Waals surface area contributed by atoms with Crippen molar-refractivity contribution in [1.29, 1.82) is 0 Å². The first-order chi connectivity index (χ1) is 11.1. The summed E-state index contributed by atoms with van der Waals surface area (Å²) in [5.74, 6) is 2.01. The third kappa shape index (κ3) is 5.03. The minimum atomic E-state index is -0.117. The van der Waals surface area contributed by atoms with Crippen LogP contribution in [0.15, 0.2) is 36.7 Å². The van der Waals surface area contributed by atoms with E-state index in [1.54, 1.807) is 18.0 Å². The van der Waals surface area contributed by atoms with E-state index in [0.29, 0.717) is 6.54 Å². The fourth-order valence-corrected chi connectivity index (χ4v) is 2.76. The van der Waals surface area contributed by atoms with E-state index in [0.717, 1.165) is 29.2 Å². The van der Waals surface area contributed by atoms with Crippen molar-refractivity contribution >= 4 is 17.8 Å². The summed E-state index contributed by atoms with van der Waals surface area (Å²) in [6.45, 7) is 4.66. The molecule has 1 aromatic heterocycles. The van der Waals surface area contributed by atoms with Gasteiger partial charge in [-0.15, -0.1) is 0 Å². The lowest BCUT2D eigenvalue weighted by Gasteiger charge is -2.16. The quantitative estimate of drug-likeness (QED) is 0.765. The molecule has 6 heteroatoms. The van der Waals surface area contributed by atoms with Gasteiger partial charge in [0.15, 0.2) is 0 Å². The van der Waals surface area contributed by atoms with Gasteiger partial charge in [0.1, 0.15) is 5.82 Å². The molecule has 1 aromatic carbocycles. The molecule has 2 aromatic rings. The van der Waals surface area contributed by atoms with Crippen LogP contribution >= 0.6 is 11.8 Å². The van der Waals surface area contributed by atoms with Crippen LogP contribution in [-0.2, 0) is 0 Å². The molecule has 1 atom stereocenters. The van der Waals surface area contributed by atoms with Crippen LogP contribution in [0.4, 0.5) is 4.79 Å². The number of nitrogens with one attached hydrogen (secondary N) is 2. The number of hydrogen-bond acceptors (Lipinski definition) is 3. The SMILES string of the molecule is CSCCCNC(=O)N[C@H](C)c1ccc(-n2ccnc2C)cc1. The van der Waals surface area contributed by atoms with E-state index in [4.69, 9.17) is 0 Å². The number of imidazole rings is 1. The van der Waals surface area contributed by atoms with E-state index in [1.165, 1.54) is 0 Å². The Morgan fingerprint density at radius 3 is 2.70 bits per heavy atom. The van der Waals surface area contributed by atoms with E-state index < -0.39 is 0 Å². The van der Waals surface area contributed by atoms with Crippen LogP contribution in [0, 0.1) is 6.92 Å². The molecule has 0 aliphatic heterocycles. The molecule has 0 spiro atoms. The number of carbonyl (C=O) groups excluding carboxylic acids is 1. The predicted molar refractivity (Wildman–Crippen MR) is 96.2 cm³/mol. The maximum atomic E-state index is 11.8. The summed E-state index contributed by atoms with van der Waals surface area (Å²) in [5, 5.41) is 5.85. The van der Waals surface area contributed by atoms with Gasteiger partial charge in [0.05, 0.1) is 6.04 Å². The molecule has 23 heavy (non-hydrogen) atoms. The molecule has 2 amide bonds. The molecule has 2 N–H and O–H groups in total. The molecule has 0 unspecified atom stereocenters. The zero-order valence-electron chi connectivity index (χ0n) is 13.9. The van der Waals surface area contributed by atoms with Crippen LogP contribution in [0.1, 0.15) is 30.8 Å². The van der Waals surface area contributed by atoms with Crippen LogP contribution in [0.2, 0.25) is 0 Å². The van der Waals surface area contributed by atoms with Gasteiger partial charge in [0.2, 0.25) is 0 Å². The van der Waals surface area contributed by atoms with Gasteiger partial charge in [-0.3, -0.25) is 0 Å². The van der Waals surface area contributed by atoms with Crippen LogP contribution in [-0.4, -0.2) is 34.1 Å². The van der Waals surface area contributed by atoms with Crippen molar-refractivity contribution < 1.29 is 4.79 Å². The Morgan fingerprint density at radius 2 is 2.09 bits per heavy atom. The molecule has 0 bridgehead atoms. The first-order valence-corrected chi connectivity index (χ1v) is 9.15. The van der Waals surface area contributed by atoms with E-state index >= 15 is 0 Å². The van der Waals surface area contributed by atoms with Crippen LogP contribution < -0.4 is 10.6 Å². The van der Waals surface area contributed by atoms with Crippen LogP contribution in [0.25, 0.3) is 5.69 Å². The highest BCUT2D eigenvalue weighted by atomic mass is 32.2. The second-order valence-corrected chi connectivity index (χ2v) is 6.39. The molecule has 2 rings (SSSR count). The molecule has 0 radical (unpaired) electrons. The van der Waals surface area contributed by atoms with Crippen molar-refractivity contribution in [2.45, 2.75) is 26.3 Å². The van der Waals surface area contributed by atoms with Gasteiger partial charge < -0.3 is 15.2 Å². The van der Waals surface area contributed by atoms with Crippen LogP contribution in [0.3, 0.4) is 0 Å². The summed E-state index contributed by atoms with van der Waals surface area (Å²) in [6, 6.07) is 8.00. The number of urea groups is 1. The largest absolute Gasteiger partial charge is 0.338 e. The number of benzene rings is 1. The van der Waals surface area contributed by atoms with Crippen molar-refractivity contribution in [3.8, 4) is 5.69 Å². The van der Waals surface area contributed by atoms with Gasteiger partial charge in [-0.05, 0) is 50.0 Å². The maximum absolute atomic E-state index is 11.8. The maximum Gasteiger partial charge on any atom is 0.315 e. The van der Waals surface area contributed by atoms with Gasteiger partial charge in [0.25, 0.3) is 0 Å². The highest BCUT2D eigenvalue weighted by molar-refractivity contribution is 7.98. The van der Waals surface area contributed by atoms with Crippen molar-refractivity contribution in [2.24, 2.45) is 0 Å². The molecule has 124 valence electrons. The van der Waals surface area contributed by atoms with E-state index in [2.05, 4.69) is 21.9 Å². The Hall–Kier alpha value is -1.95. The second kappa shape index (κ2) is 8.62. The fourth-order valence-electron chi connectivity index (χ4n) is 2.32. The normalized spacial score (nSPS) is 12.0. The minimum Gasteiger partial charge on any atom is -0.338 e. The molecular formula is C17H24N4OS. The number of aryl methyl sites for hydroxylation is 1. The number of nitrogens with zero attached hydrogens (tertiary/aromatic N) is 2. The summed E-state index contributed by atoms with van der Waals surface area (Å²) >= 11 is 1.79. The highest BCUT2D eigenvalue weighted by Gasteiger charge is 2.09. The first kappa shape index (κ1) is 17.4. The van der Waals surface area contributed by atoms with Crippen molar-refractivity contribution in [1.82, 2.24) is 20.2 Å². The monoisotopic (exact) mass is 332 g/mol. The van der Waals surface area contributed by atoms with Crippen molar-refractivity contribution in [3.05, 3.63) is 48.0 Å². The number of amides is 2. The standard InChI is InChI=1S/C17H24N4OS/c1-13(20-17(22)19-9-4-12-23-3)15-5-7-16(8-6-15)21-11-10-18-14(21)2/h5-8,10-11,13H,4,9,12H2,1-3H3,(H2,19,20,22)/t13-/m1/s1. The van der Waals surface area contributed by atoms with E-state index in [9.17, 15) is 4.79 Å². The second-order valence-electron chi connectivity index (χ2n) is 5.40. The molecule has 0 saturated heterocycles. The average molecular weight is 332 g/mol. The molecule has 0 saturated carbocycles. The Kier molecular flexibility index (Phi) is 6.52. The van der Waals surface area contributed by atoms with Gasteiger partial charge in [-0.1, -0.05) is 12.1 Å². The molecule has 0 aliphatic carbocycles. The fraction of sp³-hybridized carbons (Fsp3) is 0.412. The Bertz CT molecular complexity index is 624. The number of hydrogen-bond donors (Lipinski definition) is 2. The predicted octanol–water partition coefficient (Wildman–Crippen LogP) is 3.29. The lowest BCUT2D eigenvalue weighted by molar-refractivity contribution is 0.238. The van der Waals surface area contributed by atoms with Crippen molar-refractivity contribution in [3.63, 3.8) is 0 Å². The Morgan fingerprint density at radius 1 is 1.35 bits per heavy atom. The number of carbonyl (C=O) groups is 1. The summed E-state index contributed by atoms with van der Waals surface area (Å²) in [7, 11) is 0. The number of thioether (sulfide) groups is 1. The molecule has 0 aliphatic rings. The Labute approximate surface area is 141 Å². The van der Waals surface area contributed by atoms with E-state index in [1.807, 2.05) is 48.9 Å². The summed E-state index contributed by atoms with van der Waals surface area (Å²) in [4.78, 5) is 16.1. The summed E-state index contributed by atoms with van der Waals surface area (Å²) in [5.41, 5.74) is 2.14. The zero-order valence-corrected chi connectivity index (χ0v) is 14.7. The number of aromatic nitrogens is 2. The lowest BCUT2D eigenvalue weighted by atomic mass is 10.1. The zero-order chi connectivity index (χ0) is 16.7. The average Bonchev–Trinajstić information content (AvgIpc) is 2.98. The molecular weight excluding hydrogens is 308 g/mol. The van der Waals surface area contributed by atoms with E-state index in [-0.39, 0.29) is 12.1 Å². The van der Waals surface area contributed by atoms with Gasteiger partial charge >= 0.3 is 6.03 Å². The summed E-state index contributed by atoms with van der Waals surface area (Å²) in [6.07, 6.45) is 6.78. The third-order valence-electron chi connectivity index (χ3n) is 3.66. The van der Waals surface area contributed by atoms with Gasteiger partial charge in [-0.2, -0.15) is 11.8 Å². The third-order valence-corrected chi connectivity index (χ3v) is 4.35. The number of rotatable bonds is 7. The summed E-state index contributed by atoms with van der Waals surface area (Å²) < 4.78 is 2.03. The molecule has 5 nitrogen and oxygen atoms in total. The minimum absolute atomic E-state index is 0.0338. The van der Waals surface area contributed by atoms with Crippen LogP contribution in [0.5, 0.6) is 0 Å². The topological polar surface area (TPSA) is 59.0 Å². The molecule has 0 fully saturated rings. The highest BCUT2D eigenvalue weighted by Crippen LogP contribution is 2.16. The van der Waals surface area contributed by atoms with Crippen molar-refractivity contribution in [2.75, 3.05) is 18.6 Å². The lowest BCUT2D eigenvalue weighted by Crippen LogP contribution is -2.37. The first-order valence-electron chi connectivity index (χ1n) is 7.75.